The molecular weight excluding hydrogens is 749 g/mol. The first-order valence-electron chi connectivity index (χ1n) is 21.3. The van der Waals surface area contributed by atoms with E-state index in [0.29, 0.717) is 0 Å². The minimum atomic E-state index is 1.09. The van der Waals surface area contributed by atoms with Gasteiger partial charge in [-0.2, -0.15) is 0 Å². The van der Waals surface area contributed by atoms with Crippen molar-refractivity contribution in [1.29, 1.82) is 0 Å². The molecule has 0 saturated heterocycles. The van der Waals surface area contributed by atoms with Gasteiger partial charge < -0.3 is 9.47 Å². The topological polar surface area (TPSA) is 8.17 Å². The zero-order chi connectivity index (χ0) is 41.0. The van der Waals surface area contributed by atoms with Crippen molar-refractivity contribution in [2.45, 2.75) is 0 Å². The van der Waals surface area contributed by atoms with E-state index in [4.69, 9.17) is 0 Å². The second-order valence-electron chi connectivity index (χ2n) is 16.1. The maximum atomic E-state index is 2.50. The van der Waals surface area contributed by atoms with Crippen LogP contribution >= 0.6 is 0 Å². The molecule has 0 fully saturated rings. The molecule has 0 aliphatic carbocycles. The number of nitrogens with zero attached hydrogens (tertiary/aromatic N) is 2. The minimum absolute atomic E-state index is 1.09. The van der Waals surface area contributed by atoms with Crippen LogP contribution in [0.1, 0.15) is 0 Å². The quantitative estimate of drug-likeness (QED) is 0.146. The Hall–Kier alpha value is -8.20. The molecule has 2 heteroatoms. The van der Waals surface area contributed by atoms with Gasteiger partial charge in [0.1, 0.15) is 0 Å². The summed E-state index contributed by atoms with van der Waals surface area (Å²) >= 11 is 0. The molecule has 0 N–H and O–H groups in total. The Morgan fingerprint density at radius 2 is 0.855 bits per heavy atom. The highest BCUT2D eigenvalue weighted by Gasteiger charge is 2.25. The first-order chi connectivity index (χ1) is 30.8. The lowest BCUT2D eigenvalue weighted by atomic mass is 9.85. The molecule has 2 nitrogen and oxygen atoms in total. The molecule has 0 atom stereocenters. The third-order valence-electron chi connectivity index (χ3n) is 12.5. The average Bonchev–Trinajstić information content (AvgIpc) is 3.68. The first kappa shape index (κ1) is 35.7. The Morgan fingerprint density at radius 3 is 1.58 bits per heavy atom. The number of benzene rings is 11. The number of aromatic nitrogens is 1. The SMILES string of the molecule is c1ccc(-c2ccc3c(N(c4ccccc4)c4ccc5c(c4)c4ccccc4n5-c4ccccc4)c4cc(-c5ccccc5)ccc4c(-c4cccc5ccccc45)c3c2)cc1. The van der Waals surface area contributed by atoms with Crippen molar-refractivity contribution in [3.63, 3.8) is 0 Å². The van der Waals surface area contributed by atoms with Gasteiger partial charge in [-0.15, -0.1) is 0 Å². The first-order valence-corrected chi connectivity index (χ1v) is 21.3. The Balaban J connectivity index is 1.23. The lowest BCUT2D eigenvalue weighted by Crippen LogP contribution is -2.11. The largest absolute Gasteiger partial charge is 0.309 e. The zero-order valence-corrected chi connectivity index (χ0v) is 34.0. The van der Waals surface area contributed by atoms with Gasteiger partial charge in [-0.05, 0) is 116 Å². The van der Waals surface area contributed by atoms with E-state index in [2.05, 4.69) is 252 Å². The maximum absolute atomic E-state index is 2.50. The Morgan fingerprint density at radius 1 is 0.290 bits per heavy atom. The summed E-state index contributed by atoms with van der Waals surface area (Å²) in [7, 11) is 0. The normalized spacial score (nSPS) is 11.5. The monoisotopic (exact) mass is 788 g/mol. The summed E-state index contributed by atoms with van der Waals surface area (Å²) in [6.07, 6.45) is 0. The molecule has 12 aromatic rings. The Bertz CT molecular complexity index is 3600. The molecule has 1 aromatic heterocycles. The fraction of sp³-hybridized carbons (Fsp3) is 0. The smallest absolute Gasteiger partial charge is 0.0619 e. The summed E-state index contributed by atoms with van der Waals surface area (Å²) in [5.41, 5.74) is 14.1. The van der Waals surface area contributed by atoms with Gasteiger partial charge in [0.2, 0.25) is 0 Å². The standard InChI is InChI=1S/C60H40N2/c1-5-18-41(19-6-1)44-33-36-53-55(38-44)59(51-30-17-23-43-22-13-14-28-49(43)51)52-35-32-45(42-20-7-2-8-21-42)39-56(52)60(53)61(46-24-9-3-10-25-46)48-34-37-58-54(40-48)50-29-15-16-31-57(50)62(58)47-26-11-4-12-27-47/h1-40H. The van der Waals surface area contributed by atoms with Crippen molar-refractivity contribution in [2.24, 2.45) is 0 Å². The van der Waals surface area contributed by atoms with Crippen molar-refractivity contribution in [1.82, 2.24) is 4.57 Å². The predicted octanol–water partition coefficient (Wildman–Crippen LogP) is 16.7. The van der Waals surface area contributed by atoms with Crippen LogP contribution in [0.5, 0.6) is 0 Å². The van der Waals surface area contributed by atoms with Gasteiger partial charge in [0.15, 0.2) is 0 Å². The Kier molecular flexibility index (Phi) is 8.53. The van der Waals surface area contributed by atoms with E-state index in [-0.39, 0.29) is 0 Å². The number of anilines is 3. The highest BCUT2D eigenvalue weighted by Crippen LogP contribution is 2.51. The molecule has 62 heavy (non-hydrogen) atoms. The van der Waals surface area contributed by atoms with Crippen molar-refractivity contribution in [3.8, 4) is 39.1 Å². The van der Waals surface area contributed by atoms with Crippen molar-refractivity contribution >= 4 is 71.2 Å². The highest BCUT2D eigenvalue weighted by molar-refractivity contribution is 6.25. The molecule has 1 heterocycles. The highest BCUT2D eigenvalue weighted by atomic mass is 15.1. The van der Waals surface area contributed by atoms with Gasteiger partial charge in [-0.1, -0.05) is 182 Å². The van der Waals surface area contributed by atoms with Crippen LogP contribution in [0.25, 0.3) is 93.2 Å². The summed E-state index contributed by atoms with van der Waals surface area (Å²) in [6, 6.07) is 88.7. The van der Waals surface area contributed by atoms with Gasteiger partial charge in [0, 0.05) is 38.6 Å². The number of para-hydroxylation sites is 3. The van der Waals surface area contributed by atoms with Crippen LogP contribution in [-0.2, 0) is 0 Å². The molecule has 0 spiro atoms. The number of hydrogen-bond acceptors (Lipinski definition) is 1. The second-order valence-corrected chi connectivity index (χ2v) is 16.1. The predicted molar refractivity (Wildman–Crippen MR) is 264 cm³/mol. The lowest BCUT2D eigenvalue weighted by molar-refractivity contribution is 1.18. The van der Waals surface area contributed by atoms with E-state index in [1.165, 1.54) is 87.5 Å². The molecule has 12 rings (SSSR count). The summed E-state index contributed by atoms with van der Waals surface area (Å²) in [6.45, 7) is 0. The number of hydrogen-bond donors (Lipinski definition) is 0. The summed E-state index contributed by atoms with van der Waals surface area (Å²) in [5.74, 6) is 0. The van der Waals surface area contributed by atoms with Crippen LogP contribution in [0, 0.1) is 0 Å². The molecule has 0 bridgehead atoms. The molecule has 0 saturated carbocycles. The van der Waals surface area contributed by atoms with Crippen molar-refractivity contribution in [3.05, 3.63) is 243 Å². The van der Waals surface area contributed by atoms with E-state index in [1.54, 1.807) is 0 Å². The van der Waals surface area contributed by atoms with E-state index in [9.17, 15) is 0 Å². The van der Waals surface area contributed by atoms with Gasteiger partial charge in [-0.25, -0.2) is 0 Å². The molecule has 11 aromatic carbocycles. The van der Waals surface area contributed by atoms with Crippen molar-refractivity contribution < 1.29 is 0 Å². The molecule has 290 valence electrons. The average molecular weight is 789 g/mol. The van der Waals surface area contributed by atoms with Gasteiger partial charge in [0.05, 0.1) is 16.7 Å². The van der Waals surface area contributed by atoms with Crippen LogP contribution in [0.3, 0.4) is 0 Å². The minimum Gasteiger partial charge on any atom is -0.309 e. The second kappa shape index (κ2) is 14.8. The molecule has 0 amide bonds. The van der Waals surface area contributed by atoms with E-state index >= 15 is 0 Å². The third-order valence-corrected chi connectivity index (χ3v) is 12.5. The zero-order valence-electron chi connectivity index (χ0n) is 34.0. The van der Waals surface area contributed by atoms with Crippen molar-refractivity contribution in [2.75, 3.05) is 4.90 Å². The van der Waals surface area contributed by atoms with Crippen LogP contribution < -0.4 is 4.90 Å². The van der Waals surface area contributed by atoms with Crippen LogP contribution in [0.2, 0.25) is 0 Å². The molecule has 0 unspecified atom stereocenters. The lowest BCUT2D eigenvalue weighted by Gasteiger charge is -2.30. The van der Waals surface area contributed by atoms with Gasteiger partial charge in [-0.3, -0.25) is 0 Å². The van der Waals surface area contributed by atoms with E-state index in [0.717, 1.165) is 22.7 Å². The Labute approximate surface area is 360 Å². The van der Waals surface area contributed by atoms with Crippen LogP contribution in [0.15, 0.2) is 243 Å². The number of rotatable bonds is 7. The third kappa shape index (κ3) is 5.88. The van der Waals surface area contributed by atoms with Gasteiger partial charge >= 0.3 is 0 Å². The molecular formula is C60H40N2. The molecule has 0 radical (unpaired) electrons. The summed E-state index contributed by atoms with van der Waals surface area (Å²) in [5, 5.41) is 9.68. The van der Waals surface area contributed by atoms with Crippen LogP contribution in [0.4, 0.5) is 17.1 Å². The van der Waals surface area contributed by atoms with Gasteiger partial charge in [0.25, 0.3) is 0 Å². The fourth-order valence-corrected chi connectivity index (χ4v) is 9.74. The van der Waals surface area contributed by atoms with E-state index in [1.807, 2.05) is 0 Å². The number of fused-ring (bicyclic) bond motifs is 6. The van der Waals surface area contributed by atoms with E-state index < -0.39 is 0 Å². The summed E-state index contributed by atoms with van der Waals surface area (Å²) in [4.78, 5) is 2.50. The van der Waals surface area contributed by atoms with Crippen LogP contribution in [-0.4, -0.2) is 4.57 Å². The molecule has 0 aliphatic rings. The summed E-state index contributed by atoms with van der Waals surface area (Å²) < 4.78 is 2.39. The fourth-order valence-electron chi connectivity index (χ4n) is 9.74. The molecule has 0 aliphatic heterocycles. The maximum Gasteiger partial charge on any atom is 0.0619 e.